The monoisotopic (exact) mass is 230 g/mol. The van der Waals surface area contributed by atoms with Crippen LogP contribution in [0.5, 0.6) is 0 Å². The number of rotatable bonds is 3. The molecule has 2 aliphatic rings. The van der Waals surface area contributed by atoms with Crippen molar-refractivity contribution in [1.82, 2.24) is 5.32 Å². The number of nitrogens with zero attached hydrogens (tertiary/aromatic N) is 1. The van der Waals surface area contributed by atoms with Gasteiger partial charge in [-0.3, -0.25) is 0 Å². The van der Waals surface area contributed by atoms with E-state index in [1.165, 1.54) is 49.2 Å². The number of hydrogen-bond acceptors (Lipinski definition) is 2. The SMILES string of the molecule is Cc1ccc(C)c(N2CCC(NC3CC3)C2)c1. The molecule has 1 aliphatic heterocycles. The first-order chi connectivity index (χ1) is 8.22. The van der Waals surface area contributed by atoms with Gasteiger partial charge in [0, 0.05) is 30.9 Å². The fraction of sp³-hybridized carbons (Fsp3) is 0.600. The van der Waals surface area contributed by atoms with Crippen LogP contribution in [-0.2, 0) is 0 Å². The average Bonchev–Trinajstić information content (AvgIpc) is 2.99. The van der Waals surface area contributed by atoms with E-state index in [1.54, 1.807) is 0 Å². The lowest BCUT2D eigenvalue weighted by Gasteiger charge is -2.21. The van der Waals surface area contributed by atoms with Crippen LogP contribution in [0, 0.1) is 13.8 Å². The Morgan fingerprint density at radius 2 is 1.94 bits per heavy atom. The third kappa shape index (κ3) is 2.47. The Morgan fingerprint density at radius 3 is 2.71 bits per heavy atom. The summed E-state index contributed by atoms with van der Waals surface area (Å²) in [5.74, 6) is 0. The van der Waals surface area contributed by atoms with Crippen LogP contribution in [0.2, 0.25) is 0 Å². The summed E-state index contributed by atoms with van der Waals surface area (Å²) in [5, 5.41) is 3.74. The van der Waals surface area contributed by atoms with E-state index in [4.69, 9.17) is 0 Å². The van der Waals surface area contributed by atoms with Gasteiger partial charge in [-0.15, -0.1) is 0 Å². The van der Waals surface area contributed by atoms with Crippen molar-refractivity contribution in [2.24, 2.45) is 0 Å². The van der Waals surface area contributed by atoms with Gasteiger partial charge in [-0.05, 0) is 50.3 Å². The van der Waals surface area contributed by atoms with Crippen LogP contribution >= 0.6 is 0 Å². The largest absolute Gasteiger partial charge is 0.370 e. The molecule has 0 bridgehead atoms. The van der Waals surface area contributed by atoms with E-state index in [1.807, 2.05) is 0 Å². The van der Waals surface area contributed by atoms with Gasteiger partial charge in [-0.2, -0.15) is 0 Å². The van der Waals surface area contributed by atoms with Crippen molar-refractivity contribution in [3.05, 3.63) is 29.3 Å². The summed E-state index contributed by atoms with van der Waals surface area (Å²) in [6, 6.07) is 8.32. The Kier molecular flexibility index (Phi) is 2.83. The van der Waals surface area contributed by atoms with Crippen LogP contribution in [0.4, 0.5) is 5.69 Å². The summed E-state index contributed by atoms with van der Waals surface area (Å²) >= 11 is 0. The Labute approximate surface area is 104 Å². The van der Waals surface area contributed by atoms with Crippen LogP contribution in [0.25, 0.3) is 0 Å². The molecule has 0 amide bonds. The number of hydrogen-bond donors (Lipinski definition) is 1. The minimum Gasteiger partial charge on any atom is -0.370 e. The van der Waals surface area contributed by atoms with Crippen LogP contribution in [0.1, 0.15) is 30.4 Å². The first-order valence-corrected chi connectivity index (χ1v) is 6.80. The summed E-state index contributed by atoms with van der Waals surface area (Å²) in [6.45, 7) is 6.78. The second kappa shape index (κ2) is 4.34. The minimum absolute atomic E-state index is 0.711. The molecule has 2 nitrogen and oxygen atoms in total. The molecule has 2 heteroatoms. The molecule has 1 saturated heterocycles. The van der Waals surface area contributed by atoms with Gasteiger partial charge in [0.05, 0.1) is 0 Å². The average molecular weight is 230 g/mol. The first kappa shape index (κ1) is 11.1. The van der Waals surface area contributed by atoms with Gasteiger partial charge >= 0.3 is 0 Å². The van der Waals surface area contributed by atoms with Gasteiger partial charge < -0.3 is 10.2 Å². The normalized spacial score (nSPS) is 24.4. The Bertz CT molecular complexity index is 409. The predicted molar refractivity (Wildman–Crippen MR) is 72.7 cm³/mol. The lowest BCUT2D eigenvalue weighted by atomic mass is 10.1. The predicted octanol–water partition coefficient (Wildman–Crippen LogP) is 2.63. The van der Waals surface area contributed by atoms with Gasteiger partial charge in [-0.1, -0.05) is 12.1 Å². The molecule has 0 spiro atoms. The van der Waals surface area contributed by atoms with Gasteiger partial charge in [0.25, 0.3) is 0 Å². The van der Waals surface area contributed by atoms with E-state index < -0.39 is 0 Å². The smallest absolute Gasteiger partial charge is 0.0399 e. The molecule has 92 valence electrons. The first-order valence-electron chi connectivity index (χ1n) is 6.80. The van der Waals surface area contributed by atoms with E-state index in [2.05, 4.69) is 42.3 Å². The van der Waals surface area contributed by atoms with Crippen molar-refractivity contribution in [2.45, 2.75) is 45.2 Å². The zero-order valence-corrected chi connectivity index (χ0v) is 10.9. The highest BCUT2D eigenvalue weighted by atomic mass is 15.2. The third-order valence-electron chi connectivity index (χ3n) is 3.94. The molecule has 17 heavy (non-hydrogen) atoms. The van der Waals surface area contributed by atoms with E-state index in [9.17, 15) is 0 Å². The van der Waals surface area contributed by atoms with Crippen molar-refractivity contribution in [3.8, 4) is 0 Å². The molecule has 1 N–H and O–H groups in total. The van der Waals surface area contributed by atoms with Crippen molar-refractivity contribution in [1.29, 1.82) is 0 Å². The molecule has 1 aromatic carbocycles. The lowest BCUT2D eigenvalue weighted by molar-refractivity contribution is 0.548. The fourth-order valence-electron chi connectivity index (χ4n) is 2.76. The Morgan fingerprint density at radius 1 is 1.12 bits per heavy atom. The molecule has 1 heterocycles. The van der Waals surface area contributed by atoms with Crippen molar-refractivity contribution < 1.29 is 0 Å². The Balaban J connectivity index is 1.69. The van der Waals surface area contributed by atoms with E-state index in [0.717, 1.165) is 6.04 Å². The molecule has 1 aromatic rings. The zero-order valence-electron chi connectivity index (χ0n) is 10.9. The highest BCUT2D eigenvalue weighted by Gasteiger charge is 2.29. The number of nitrogens with one attached hydrogen (secondary N) is 1. The van der Waals surface area contributed by atoms with E-state index >= 15 is 0 Å². The fourth-order valence-corrected chi connectivity index (χ4v) is 2.76. The topological polar surface area (TPSA) is 15.3 Å². The van der Waals surface area contributed by atoms with Crippen LogP contribution < -0.4 is 10.2 Å². The van der Waals surface area contributed by atoms with Gasteiger partial charge in [0.15, 0.2) is 0 Å². The molecule has 1 atom stereocenters. The highest BCUT2D eigenvalue weighted by Crippen LogP contribution is 2.27. The maximum atomic E-state index is 3.74. The van der Waals surface area contributed by atoms with Gasteiger partial charge in [0.2, 0.25) is 0 Å². The number of aryl methyl sites for hydroxylation is 2. The van der Waals surface area contributed by atoms with Gasteiger partial charge in [-0.25, -0.2) is 0 Å². The molecule has 3 rings (SSSR count). The minimum atomic E-state index is 0.711. The number of anilines is 1. The summed E-state index contributed by atoms with van der Waals surface area (Å²) in [6.07, 6.45) is 4.07. The highest BCUT2D eigenvalue weighted by molar-refractivity contribution is 5.55. The molecular weight excluding hydrogens is 208 g/mol. The molecule has 0 aromatic heterocycles. The number of benzene rings is 1. The summed E-state index contributed by atoms with van der Waals surface area (Å²) < 4.78 is 0. The van der Waals surface area contributed by atoms with Crippen molar-refractivity contribution in [2.75, 3.05) is 18.0 Å². The second-order valence-corrected chi connectivity index (χ2v) is 5.66. The van der Waals surface area contributed by atoms with E-state index in [-0.39, 0.29) is 0 Å². The molecule has 2 fully saturated rings. The lowest BCUT2D eigenvalue weighted by Crippen LogP contribution is -2.34. The molecule has 0 radical (unpaired) electrons. The van der Waals surface area contributed by atoms with Crippen molar-refractivity contribution in [3.63, 3.8) is 0 Å². The standard InChI is InChI=1S/C15H22N2/c1-11-3-4-12(2)15(9-11)17-8-7-14(10-17)16-13-5-6-13/h3-4,9,13-14,16H,5-8,10H2,1-2H3. The third-order valence-corrected chi connectivity index (χ3v) is 3.94. The maximum absolute atomic E-state index is 3.74. The second-order valence-electron chi connectivity index (χ2n) is 5.66. The van der Waals surface area contributed by atoms with Crippen LogP contribution in [0.3, 0.4) is 0 Å². The molecule has 1 saturated carbocycles. The van der Waals surface area contributed by atoms with Crippen molar-refractivity contribution >= 4 is 5.69 Å². The summed E-state index contributed by atoms with van der Waals surface area (Å²) in [7, 11) is 0. The van der Waals surface area contributed by atoms with E-state index in [0.29, 0.717) is 6.04 Å². The molecular formula is C15H22N2. The quantitative estimate of drug-likeness (QED) is 0.858. The summed E-state index contributed by atoms with van der Waals surface area (Å²) in [5.41, 5.74) is 4.21. The summed E-state index contributed by atoms with van der Waals surface area (Å²) in [4.78, 5) is 2.54. The molecule has 1 aliphatic carbocycles. The van der Waals surface area contributed by atoms with Gasteiger partial charge in [0.1, 0.15) is 0 Å². The maximum Gasteiger partial charge on any atom is 0.0399 e. The molecule has 1 unspecified atom stereocenters. The zero-order chi connectivity index (χ0) is 11.8. The van der Waals surface area contributed by atoms with Crippen LogP contribution in [0.15, 0.2) is 18.2 Å². The van der Waals surface area contributed by atoms with Crippen LogP contribution in [-0.4, -0.2) is 25.2 Å². The Hall–Kier alpha value is -1.02.